The minimum atomic E-state index is -0.346. The van der Waals surface area contributed by atoms with Gasteiger partial charge in [-0.05, 0) is 37.5 Å². The van der Waals surface area contributed by atoms with E-state index in [0.717, 1.165) is 11.1 Å². The molecule has 2 aromatic rings. The lowest BCUT2D eigenvalue weighted by atomic mass is 10.1. The molecule has 0 unspecified atom stereocenters. The van der Waals surface area contributed by atoms with Crippen molar-refractivity contribution in [2.45, 2.75) is 25.9 Å². The standard InChI is InChI=1S/C12H14FNO/c1-8(15)5-6-9-7-14-11-4-2-3-10(13)12(9)11/h2-4,7-8,14-15H,5-6H2,1H3/t8-/m0/s1. The number of H-pyrrole nitrogens is 1. The third-order valence-electron chi connectivity index (χ3n) is 2.57. The lowest BCUT2D eigenvalue weighted by Crippen LogP contribution is -2.01. The predicted octanol–water partition coefficient (Wildman–Crippen LogP) is 2.62. The fourth-order valence-electron chi connectivity index (χ4n) is 1.77. The van der Waals surface area contributed by atoms with Gasteiger partial charge in [-0.2, -0.15) is 0 Å². The summed E-state index contributed by atoms with van der Waals surface area (Å²) in [6.45, 7) is 1.74. The number of hydrogen-bond donors (Lipinski definition) is 2. The third-order valence-corrected chi connectivity index (χ3v) is 2.57. The van der Waals surface area contributed by atoms with Gasteiger partial charge in [-0.3, -0.25) is 0 Å². The summed E-state index contributed by atoms with van der Waals surface area (Å²) < 4.78 is 13.5. The van der Waals surface area contributed by atoms with Crippen LogP contribution in [0, 0.1) is 5.82 Å². The van der Waals surface area contributed by atoms with Crippen molar-refractivity contribution in [3.8, 4) is 0 Å². The third kappa shape index (κ3) is 2.02. The predicted molar refractivity (Wildman–Crippen MR) is 58.3 cm³/mol. The molecule has 0 amide bonds. The Hall–Kier alpha value is -1.35. The summed E-state index contributed by atoms with van der Waals surface area (Å²) in [6, 6.07) is 5.00. The van der Waals surface area contributed by atoms with E-state index in [0.29, 0.717) is 18.2 Å². The molecule has 80 valence electrons. The smallest absolute Gasteiger partial charge is 0.132 e. The highest BCUT2D eigenvalue weighted by atomic mass is 19.1. The van der Waals surface area contributed by atoms with E-state index in [-0.39, 0.29) is 11.9 Å². The number of aromatic nitrogens is 1. The van der Waals surface area contributed by atoms with E-state index in [1.165, 1.54) is 6.07 Å². The van der Waals surface area contributed by atoms with Crippen molar-refractivity contribution in [1.29, 1.82) is 0 Å². The molecular formula is C12H14FNO. The lowest BCUT2D eigenvalue weighted by molar-refractivity contribution is 0.185. The maximum Gasteiger partial charge on any atom is 0.132 e. The number of aliphatic hydroxyl groups excluding tert-OH is 1. The molecular weight excluding hydrogens is 193 g/mol. The van der Waals surface area contributed by atoms with Gasteiger partial charge in [0.1, 0.15) is 5.82 Å². The molecule has 2 rings (SSSR count). The van der Waals surface area contributed by atoms with Crippen molar-refractivity contribution >= 4 is 10.9 Å². The number of fused-ring (bicyclic) bond motifs is 1. The molecule has 2 N–H and O–H groups in total. The Labute approximate surface area is 87.7 Å². The fraction of sp³-hybridized carbons (Fsp3) is 0.333. The van der Waals surface area contributed by atoms with Crippen LogP contribution in [0.5, 0.6) is 0 Å². The number of hydrogen-bond acceptors (Lipinski definition) is 1. The van der Waals surface area contributed by atoms with Crippen molar-refractivity contribution in [2.24, 2.45) is 0 Å². The Morgan fingerprint density at radius 2 is 2.27 bits per heavy atom. The van der Waals surface area contributed by atoms with E-state index in [1.807, 2.05) is 12.3 Å². The molecule has 1 aromatic carbocycles. The van der Waals surface area contributed by atoms with Crippen LogP contribution in [0.25, 0.3) is 10.9 Å². The lowest BCUT2D eigenvalue weighted by Gasteiger charge is -2.02. The number of rotatable bonds is 3. The van der Waals surface area contributed by atoms with Gasteiger partial charge in [-0.25, -0.2) is 4.39 Å². The van der Waals surface area contributed by atoms with Gasteiger partial charge in [-0.15, -0.1) is 0 Å². The van der Waals surface area contributed by atoms with Gasteiger partial charge in [0.15, 0.2) is 0 Å². The zero-order chi connectivity index (χ0) is 10.8. The number of aliphatic hydroxyl groups is 1. The fourth-order valence-corrected chi connectivity index (χ4v) is 1.77. The van der Waals surface area contributed by atoms with Crippen LogP contribution >= 0.6 is 0 Å². The number of aromatic amines is 1. The van der Waals surface area contributed by atoms with Gasteiger partial charge < -0.3 is 10.1 Å². The van der Waals surface area contributed by atoms with E-state index in [2.05, 4.69) is 4.98 Å². The number of halogens is 1. The molecule has 0 bridgehead atoms. The summed E-state index contributed by atoms with van der Waals surface area (Å²) in [4.78, 5) is 3.03. The Balaban J connectivity index is 2.35. The molecule has 0 aliphatic heterocycles. The molecule has 0 spiro atoms. The van der Waals surface area contributed by atoms with Crippen molar-refractivity contribution < 1.29 is 9.50 Å². The monoisotopic (exact) mass is 207 g/mol. The van der Waals surface area contributed by atoms with Gasteiger partial charge in [0.25, 0.3) is 0 Å². The average Bonchev–Trinajstić information content (AvgIpc) is 2.59. The van der Waals surface area contributed by atoms with Gasteiger partial charge in [0, 0.05) is 17.1 Å². The van der Waals surface area contributed by atoms with E-state index in [9.17, 15) is 9.50 Å². The highest BCUT2D eigenvalue weighted by molar-refractivity contribution is 5.83. The van der Waals surface area contributed by atoms with E-state index in [1.54, 1.807) is 13.0 Å². The molecule has 0 aliphatic carbocycles. The topological polar surface area (TPSA) is 36.0 Å². The Morgan fingerprint density at radius 1 is 1.47 bits per heavy atom. The van der Waals surface area contributed by atoms with Crippen LogP contribution in [-0.2, 0) is 6.42 Å². The summed E-state index contributed by atoms with van der Waals surface area (Å²) in [7, 11) is 0. The molecule has 0 fully saturated rings. The molecule has 1 heterocycles. The Bertz CT molecular complexity index is 462. The summed E-state index contributed by atoms with van der Waals surface area (Å²) in [5.74, 6) is -0.200. The second kappa shape index (κ2) is 4.03. The molecule has 2 nitrogen and oxygen atoms in total. The molecule has 1 atom stereocenters. The van der Waals surface area contributed by atoms with Gasteiger partial charge in [0.05, 0.1) is 6.10 Å². The highest BCUT2D eigenvalue weighted by Crippen LogP contribution is 2.22. The Morgan fingerprint density at radius 3 is 3.00 bits per heavy atom. The van der Waals surface area contributed by atoms with Crippen molar-refractivity contribution in [3.05, 3.63) is 35.8 Å². The van der Waals surface area contributed by atoms with Crippen LogP contribution in [0.3, 0.4) is 0 Å². The largest absolute Gasteiger partial charge is 0.393 e. The van der Waals surface area contributed by atoms with Crippen LogP contribution in [0.2, 0.25) is 0 Å². The van der Waals surface area contributed by atoms with Crippen molar-refractivity contribution in [3.63, 3.8) is 0 Å². The maximum absolute atomic E-state index is 13.5. The first kappa shape index (κ1) is 10.2. The van der Waals surface area contributed by atoms with Crippen molar-refractivity contribution in [2.75, 3.05) is 0 Å². The SMILES string of the molecule is C[C@H](O)CCc1c[nH]c2cccc(F)c12. The molecule has 0 aliphatic rings. The second-order valence-electron chi connectivity index (χ2n) is 3.86. The molecule has 0 radical (unpaired) electrons. The summed E-state index contributed by atoms with van der Waals surface area (Å²) in [6.07, 6.45) is 2.82. The minimum absolute atomic E-state index is 0.200. The van der Waals surface area contributed by atoms with Crippen LogP contribution in [0.15, 0.2) is 24.4 Å². The van der Waals surface area contributed by atoms with Crippen LogP contribution in [0.1, 0.15) is 18.9 Å². The van der Waals surface area contributed by atoms with Gasteiger partial charge in [0.2, 0.25) is 0 Å². The summed E-state index contributed by atoms with van der Waals surface area (Å²) in [5.41, 5.74) is 1.75. The van der Waals surface area contributed by atoms with Crippen LogP contribution in [0.4, 0.5) is 4.39 Å². The van der Waals surface area contributed by atoms with E-state index in [4.69, 9.17) is 0 Å². The highest BCUT2D eigenvalue weighted by Gasteiger charge is 2.08. The quantitative estimate of drug-likeness (QED) is 0.797. The van der Waals surface area contributed by atoms with E-state index < -0.39 is 0 Å². The zero-order valence-corrected chi connectivity index (χ0v) is 8.63. The Kier molecular flexibility index (Phi) is 2.73. The van der Waals surface area contributed by atoms with Crippen LogP contribution < -0.4 is 0 Å². The van der Waals surface area contributed by atoms with E-state index >= 15 is 0 Å². The second-order valence-corrected chi connectivity index (χ2v) is 3.86. The molecule has 15 heavy (non-hydrogen) atoms. The normalized spacial score (nSPS) is 13.3. The first-order valence-electron chi connectivity index (χ1n) is 5.11. The molecule has 0 saturated heterocycles. The first-order chi connectivity index (χ1) is 7.18. The number of aryl methyl sites for hydroxylation is 1. The summed E-state index contributed by atoms with van der Waals surface area (Å²) >= 11 is 0. The van der Waals surface area contributed by atoms with Gasteiger partial charge >= 0.3 is 0 Å². The average molecular weight is 207 g/mol. The van der Waals surface area contributed by atoms with Crippen LogP contribution in [-0.4, -0.2) is 16.2 Å². The minimum Gasteiger partial charge on any atom is -0.393 e. The number of benzene rings is 1. The summed E-state index contributed by atoms with van der Waals surface area (Å²) in [5, 5.41) is 9.84. The number of nitrogens with one attached hydrogen (secondary N) is 1. The van der Waals surface area contributed by atoms with Crippen molar-refractivity contribution in [1.82, 2.24) is 4.98 Å². The zero-order valence-electron chi connectivity index (χ0n) is 8.63. The van der Waals surface area contributed by atoms with Gasteiger partial charge in [-0.1, -0.05) is 6.07 Å². The maximum atomic E-state index is 13.5. The first-order valence-corrected chi connectivity index (χ1v) is 5.11. The molecule has 1 aromatic heterocycles. The molecule has 3 heteroatoms. The molecule has 0 saturated carbocycles.